The van der Waals surface area contributed by atoms with Gasteiger partial charge in [-0.15, -0.1) is 0 Å². The van der Waals surface area contributed by atoms with Crippen LogP contribution in [0.15, 0.2) is 36.4 Å². The lowest BCUT2D eigenvalue weighted by Gasteiger charge is -2.32. The highest BCUT2D eigenvalue weighted by Gasteiger charge is 2.30. The van der Waals surface area contributed by atoms with Crippen LogP contribution in [0.5, 0.6) is 5.75 Å². The minimum absolute atomic E-state index is 0.0763. The van der Waals surface area contributed by atoms with Crippen LogP contribution in [0.3, 0.4) is 0 Å². The van der Waals surface area contributed by atoms with E-state index in [1.807, 2.05) is 39.0 Å². The van der Waals surface area contributed by atoms with E-state index in [1.54, 1.807) is 30.0 Å². The minimum atomic E-state index is -0.497. The van der Waals surface area contributed by atoms with E-state index < -0.39 is 6.10 Å². The molecule has 3 rings (SSSR count). The average molecular weight is 338 g/mol. The zero-order valence-corrected chi connectivity index (χ0v) is 14.9. The highest BCUT2D eigenvalue weighted by molar-refractivity contribution is 6.05. The van der Waals surface area contributed by atoms with Crippen molar-refractivity contribution in [2.75, 3.05) is 16.8 Å². The van der Waals surface area contributed by atoms with Gasteiger partial charge in [-0.25, -0.2) is 0 Å². The Morgan fingerprint density at radius 3 is 2.60 bits per heavy atom. The van der Waals surface area contributed by atoms with Crippen molar-refractivity contribution in [3.63, 3.8) is 0 Å². The molecule has 2 aromatic rings. The smallest absolute Gasteiger partial charge is 0.267 e. The minimum Gasteiger partial charge on any atom is -0.479 e. The van der Waals surface area contributed by atoms with Gasteiger partial charge >= 0.3 is 0 Å². The number of fused-ring (bicyclic) bond motifs is 1. The summed E-state index contributed by atoms with van der Waals surface area (Å²) in [6, 6.07) is 11.0. The van der Waals surface area contributed by atoms with Gasteiger partial charge < -0.3 is 15.0 Å². The number of nitrogens with zero attached hydrogens (tertiary/aromatic N) is 1. The second-order valence-corrected chi connectivity index (χ2v) is 6.28. The van der Waals surface area contributed by atoms with Gasteiger partial charge in [0.2, 0.25) is 0 Å². The van der Waals surface area contributed by atoms with Crippen LogP contribution < -0.4 is 15.0 Å². The van der Waals surface area contributed by atoms with E-state index in [2.05, 4.69) is 5.32 Å². The quantitative estimate of drug-likeness (QED) is 0.928. The normalized spacial score (nSPS) is 16.2. The second-order valence-electron chi connectivity index (χ2n) is 6.28. The van der Waals surface area contributed by atoms with Crippen molar-refractivity contribution in [1.82, 2.24) is 0 Å². The van der Waals surface area contributed by atoms with Crippen molar-refractivity contribution in [2.45, 2.75) is 33.8 Å². The lowest BCUT2D eigenvalue weighted by Crippen LogP contribution is -2.44. The first-order chi connectivity index (χ1) is 11.9. The van der Waals surface area contributed by atoms with Crippen LogP contribution >= 0.6 is 0 Å². The van der Waals surface area contributed by atoms with Gasteiger partial charge in [-0.05, 0) is 69.2 Å². The van der Waals surface area contributed by atoms with E-state index >= 15 is 0 Å². The van der Waals surface area contributed by atoms with Crippen LogP contribution in [0.1, 0.15) is 35.3 Å². The molecule has 2 amide bonds. The van der Waals surface area contributed by atoms with Crippen LogP contribution in [0.2, 0.25) is 0 Å². The number of amides is 2. The summed E-state index contributed by atoms with van der Waals surface area (Å²) in [5.74, 6) is 0.397. The van der Waals surface area contributed by atoms with E-state index in [1.165, 1.54) is 0 Å². The number of rotatable bonds is 3. The number of carbonyl (C=O) groups is 2. The van der Waals surface area contributed by atoms with Crippen LogP contribution in [0.4, 0.5) is 11.4 Å². The molecule has 0 aromatic heterocycles. The number of carbonyl (C=O) groups excluding carboxylic acids is 2. The summed E-state index contributed by atoms with van der Waals surface area (Å²) in [4.78, 5) is 26.4. The zero-order chi connectivity index (χ0) is 18.1. The first kappa shape index (κ1) is 17.0. The van der Waals surface area contributed by atoms with Crippen molar-refractivity contribution < 1.29 is 14.3 Å². The highest BCUT2D eigenvalue weighted by Crippen LogP contribution is 2.36. The molecule has 0 fully saturated rings. The van der Waals surface area contributed by atoms with Crippen molar-refractivity contribution in [1.29, 1.82) is 0 Å². The Labute approximate surface area is 147 Å². The number of nitrogens with one attached hydrogen (secondary N) is 1. The maximum Gasteiger partial charge on any atom is 0.267 e. The third-order valence-electron chi connectivity index (χ3n) is 4.51. The van der Waals surface area contributed by atoms with Gasteiger partial charge in [0, 0.05) is 17.8 Å². The number of likely N-dealkylation sites (N-methyl/N-ethyl adjacent to an activating group) is 1. The van der Waals surface area contributed by atoms with Crippen LogP contribution in [-0.2, 0) is 4.79 Å². The molecule has 0 saturated carbocycles. The first-order valence-electron chi connectivity index (χ1n) is 8.41. The standard InChI is InChI=1S/C20H22N2O3/c1-5-22-17-11-16(8-9-18(17)25-14(4)20(22)24)21-19(23)15-7-6-12(2)13(3)10-15/h6-11,14H,5H2,1-4H3,(H,21,23). The Bertz CT molecular complexity index is 845. The molecule has 1 aliphatic rings. The maximum atomic E-state index is 12.5. The lowest BCUT2D eigenvalue weighted by molar-refractivity contribution is -0.125. The molecule has 0 spiro atoms. The van der Waals surface area contributed by atoms with Crippen molar-refractivity contribution in [3.05, 3.63) is 53.1 Å². The molecule has 0 aliphatic carbocycles. The van der Waals surface area contributed by atoms with Crippen LogP contribution in [-0.4, -0.2) is 24.5 Å². The molecule has 5 heteroatoms. The molecule has 0 radical (unpaired) electrons. The maximum absolute atomic E-state index is 12.5. The summed E-state index contributed by atoms with van der Waals surface area (Å²) >= 11 is 0. The second kappa shape index (κ2) is 6.59. The third-order valence-corrected chi connectivity index (χ3v) is 4.51. The summed E-state index contributed by atoms with van der Waals surface area (Å²) < 4.78 is 5.65. The Hall–Kier alpha value is -2.82. The van der Waals surface area contributed by atoms with Gasteiger partial charge in [0.05, 0.1) is 5.69 Å². The summed E-state index contributed by atoms with van der Waals surface area (Å²) in [5, 5.41) is 2.89. The molecule has 1 unspecified atom stereocenters. The fourth-order valence-electron chi connectivity index (χ4n) is 2.90. The largest absolute Gasteiger partial charge is 0.479 e. The molecule has 0 bridgehead atoms. The highest BCUT2D eigenvalue weighted by atomic mass is 16.5. The molecule has 2 aromatic carbocycles. The Kier molecular flexibility index (Phi) is 4.49. The summed E-state index contributed by atoms with van der Waals surface area (Å²) in [5.41, 5.74) is 4.14. The third kappa shape index (κ3) is 3.22. The van der Waals surface area contributed by atoms with E-state index in [-0.39, 0.29) is 11.8 Å². The summed E-state index contributed by atoms with van der Waals surface area (Å²) in [7, 11) is 0. The van der Waals surface area contributed by atoms with Crippen molar-refractivity contribution in [2.24, 2.45) is 0 Å². The Morgan fingerprint density at radius 2 is 1.92 bits per heavy atom. The topological polar surface area (TPSA) is 58.6 Å². The van der Waals surface area contributed by atoms with E-state index in [0.717, 1.165) is 11.1 Å². The lowest BCUT2D eigenvalue weighted by atomic mass is 10.1. The van der Waals surface area contributed by atoms with E-state index in [0.29, 0.717) is 29.2 Å². The molecule has 1 heterocycles. The molecular weight excluding hydrogens is 316 g/mol. The number of benzene rings is 2. The van der Waals surface area contributed by atoms with Crippen LogP contribution in [0, 0.1) is 13.8 Å². The predicted octanol–water partition coefficient (Wildman–Crippen LogP) is 3.69. The Balaban J connectivity index is 1.87. The molecule has 1 atom stereocenters. The van der Waals surface area contributed by atoms with Gasteiger partial charge in [0.25, 0.3) is 11.8 Å². The van der Waals surface area contributed by atoms with E-state index in [9.17, 15) is 9.59 Å². The molecule has 130 valence electrons. The molecule has 1 aliphatic heterocycles. The van der Waals surface area contributed by atoms with Crippen molar-refractivity contribution >= 4 is 23.2 Å². The number of hydrogen-bond acceptors (Lipinski definition) is 3. The van der Waals surface area contributed by atoms with Gasteiger partial charge in [-0.2, -0.15) is 0 Å². The molecule has 0 saturated heterocycles. The average Bonchev–Trinajstić information content (AvgIpc) is 2.59. The number of hydrogen-bond donors (Lipinski definition) is 1. The zero-order valence-electron chi connectivity index (χ0n) is 14.9. The van der Waals surface area contributed by atoms with E-state index in [4.69, 9.17) is 4.74 Å². The van der Waals surface area contributed by atoms with Gasteiger partial charge in [0.15, 0.2) is 6.10 Å². The molecule has 25 heavy (non-hydrogen) atoms. The van der Waals surface area contributed by atoms with Crippen LogP contribution in [0.25, 0.3) is 0 Å². The van der Waals surface area contributed by atoms with Gasteiger partial charge in [-0.3, -0.25) is 9.59 Å². The fraction of sp³-hybridized carbons (Fsp3) is 0.300. The summed E-state index contributed by atoms with van der Waals surface area (Å²) in [6.45, 7) is 8.20. The number of anilines is 2. The fourth-order valence-corrected chi connectivity index (χ4v) is 2.90. The van der Waals surface area contributed by atoms with Gasteiger partial charge in [-0.1, -0.05) is 6.07 Å². The monoisotopic (exact) mass is 338 g/mol. The van der Waals surface area contributed by atoms with Crippen molar-refractivity contribution in [3.8, 4) is 5.75 Å². The molecule has 1 N–H and O–H groups in total. The molecule has 5 nitrogen and oxygen atoms in total. The SMILES string of the molecule is CCN1C(=O)C(C)Oc2ccc(NC(=O)c3ccc(C)c(C)c3)cc21. The number of aryl methyl sites for hydroxylation is 2. The van der Waals surface area contributed by atoms with Gasteiger partial charge in [0.1, 0.15) is 5.75 Å². The predicted molar refractivity (Wildman–Crippen MR) is 98.4 cm³/mol. The first-order valence-corrected chi connectivity index (χ1v) is 8.41. The number of ether oxygens (including phenoxy) is 1. The molecular formula is C20H22N2O3. The Morgan fingerprint density at radius 1 is 1.16 bits per heavy atom. The summed E-state index contributed by atoms with van der Waals surface area (Å²) in [6.07, 6.45) is -0.497.